The molecule has 1 unspecified atom stereocenters. The first-order valence-electron chi connectivity index (χ1n) is 11.1. The standard InChI is InChI=1S/C23H28N8O2S/c1-29(2)34(32,33)19-8-6-18(7-9-19)27-22-23-25-13-21(17-12-26-30(3)14-17)31(23)15-20(28-22)16-5-4-10-24-11-16/h5-9,12,14-15,21,24H,4,10-11,13H2,1-3H3,(H,27,28). The number of rotatable bonds is 5. The van der Waals surface area contributed by atoms with Crippen LogP contribution in [0.2, 0.25) is 0 Å². The molecule has 2 aromatic rings. The van der Waals surface area contributed by atoms with Crippen molar-refractivity contribution >= 4 is 27.4 Å². The minimum Gasteiger partial charge on any atom is -0.337 e. The van der Waals surface area contributed by atoms with Gasteiger partial charge in [-0.15, -0.1) is 0 Å². The average Bonchev–Trinajstić information content (AvgIpc) is 3.46. The first-order chi connectivity index (χ1) is 16.3. The van der Waals surface area contributed by atoms with Crippen LogP contribution in [0.3, 0.4) is 0 Å². The molecule has 4 heterocycles. The Kier molecular flexibility index (Phi) is 5.84. The van der Waals surface area contributed by atoms with E-state index in [1.165, 1.54) is 18.4 Å². The Balaban J connectivity index is 1.47. The zero-order chi connectivity index (χ0) is 23.9. The second kappa shape index (κ2) is 8.82. The maximum atomic E-state index is 12.4. The van der Waals surface area contributed by atoms with Crippen LogP contribution in [0.1, 0.15) is 18.0 Å². The lowest BCUT2D eigenvalue weighted by Gasteiger charge is -2.29. The highest BCUT2D eigenvalue weighted by atomic mass is 32.2. The van der Waals surface area contributed by atoms with E-state index >= 15 is 0 Å². The van der Waals surface area contributed by atoms with Crippen molar-refractivity contribution in [2.24, 2.45) is 17.0 Å². The van der Waals surface area contributed by atoms with Gasteiger partial charge < -0.3 is 15.5 Å². The molecule has 0 saturated heterocycles. The maximum Gasteiger partial charge on any atom is 0.242 e. The van der Waals surface area contributed by atoms with Gasteiger partial charge in [0, 0.05) is 51.3 Å². The van der Waals surface area contributed by atoms with Crippen molar-refractivity contribution in [3.05, 3.63) is 65.8 Å². The van der Waals surface area contributed by atoms with E-state index < -0.39 is 10.0 Å². The fourth-order valence-corrected chi connectivity index (χ4v) is 5.08. The SMILES string of the molecule is CN(C)S(=O)(=O)c1ccc(NC2=NC(C3=CCCNC3)=CN3C2=NCC3c2cnn(C)c2)cc1. The molecule has 3 aliphatic heterocycles. The number of anilines is 1. The van der Waals surface area contributed by atoms with E-state index in [2.05, 4.69) is 32.9 Å². The van der Waals surface area contributed by atoms with E-state index in [9.17, 15) is 8.42 Å². The molecule has 178 valence electrons. The number of fused-ring (bicyclic) bond motifs is 1. The Labute approximate surface area is 199 Å². The van der Waals surface area contributed by atoms with Gasteiger partial charge in [-0.2, -0.15) is 5.10 Å². The quantitative estimate of drug-likeness (QED) is 0.675. The fraction of sp³-hybridized carbons (Fsp3) is 0.348. The van der Waals surface area contributed by atoms with Crippen LogP contribution in [0.15, 0.2) is 75.1 Å². The lowest BCUT2D eigenvalue weighted by molar-refractivity contribution is 0.455. The molecule has 10 nitrogen and oxygen atoms in total. The van der Waals surface area contributed by atoms with Gasteiger partial charge in [-0.3, -0.25) is 9.67 Å². The van der Waals surface area contributed by atoms with Crippen molar-refractivity contribution in [3.8, 4) is 0 Å². The van der Waals surface area contributed by atoms with Gasteiger partial charge in [0.2, 0.25) is 10.0 Å². The van der Waals surface area contributed by atoms with Crippen LogP contribution in [0.4, 0.5) is 5.69 Å². The molecule has 0 radical (unpaired) electrons. The van der Waals surface area contributed by atoms with E-state index in [1.807, 2.05) is 19.4 Å². The Morgan fingerprint density at radius 1 is 1.21 bits per heavy atom. The van der Waals surface area contributed by atoms with E-state index in [1.54, 1.807) is 28.9 Å². The molecular weight excluding hydrogens is 452 g/mol. The summed E-state index contributed by atoms with van der Waals surface area (Å²) in [5.74, 6) is 1.39. The molecule has 1 atom stereocenters. The highest BCUT2D eigenvalue weighted by Gasteiger charge is 2.35. The first-order valence-corrected chi connectivity index (χ1v) is 12.6. The predicted octanol–water partition coefficient (Wildman–Crippen LogP) is 1.71. The number of sulfonamides is 1. The van der Waals surface area contributed by atoms with Crippen LogP contribution in [-0.2, 0) is 17.1 Å². The summed E-state index contributed by atoms with van der Waals surface area (Å²) in [6.45, 7) is 2.32. The number of hydrogen-bond donors (Lipinski definition) is 2. The van der Waals surface area contributed by atoms with Crippen LogP contribution in [-0.4, -0.2) is 72.8 Å². The maximum absolute atomic E-state index is 12.4. The van der Waals surface area contributed by atoms with E-state index in [4.69, 9.17) is 9.98 Å². The van der Waals surface area contributed by atoms with Gasteiger partial charge in [0.05, 0.1) is 29.4 Å². The molecule has 1 aromatic carbocycles. The highest BCUT2D eigenvalue weighted by molar-refractivity contribution is 7.89. The third-order valence-electron chi connectivity index (χ3n) is 6.06. The lowest BCUT2D eigenvalue weighted by atomic mass is 10.1. The molecule has 0 fully saturated rings. The van der Waals surface area contributed by atoms with Crippen LogP contribution < -0.4 is 10.6 Å². The van der Waals surface area contributed by atoms with Crippen molar-refractivity contribution in [2.75, 3.05) is 39.0 Å². The van der Waals surface area contributed by atoms with Gasteiger partial charge in [-0.05, 0) is 42.8 Å². The molecule has 5 rings (SSSR count). The Morgan fingerprint density at radius 3 is 2.65 bits per heavy atom. The van der Waals surface area contributed by atoms with Crippen LogP contribution >= 0.6 is 0 Å². The van der Waals surface area contributed by atoms with Crippen molar-refractivity contribution in [1.29, 1.82) is 0 Å². The zero-order valence-corrected chi connectivity index (χ0v) is 20.2. The molecule has 1 aromatic heterocycles. The highest BCUT2D eigenvalue weighted by Crippen LogP contribution is 2.32. The third-order valence-corrected chi connectivity index (χ3v) is 7.89. The van der Waals surface area contributed by atoms with Gasteiger partial charge in [0.25, 0.3) is 0 Å². The normalized spacial score (nSPS) is 20.5. The smallest absolute Gasteiger partial charge is 0.242 e. The summed E-state index contributed by atoms with van der Waals surface area (Å²) in [5.41, 5.74) is 3.86. The molecule has 34 heavy (non-hydrogen) atoms. The summed E-state index contributed by atoms with van der Waals surface area (Å²) in [7, 11) is 1.46. The van der Waals surface area contributed by atoms with Crippen molar-refractivity contribution in [1.82, 2.24) is 24.3 Å². The summed E-state index contributed by atoms with van der Waals surface area (Å²) in [4.78, 5) is 12.1. The van der Waals surface area contributed by atoms with Crippen LogP contribution in [0.25, 0.3) is 0 Å². The number of hydrogen-bond acceptors (Lipinski definition) is 8. The minimum absolute atomic E-state index is 0.0377. The molecule has 0 spiro atoms. The third kappa shape index (κ3) is 4.17. The van der Waals surface area contributed by atoms with Gasteiger partial charge in [-0.25, -0.2) is 17.7 Å². The molecular formula is C23H28N8O2S. The van der Waals surface area contributed by atoms with Gasteiger partial charge >= 0.3 is 0 Å². The summed E-state index contributed by atoms with van der Waals surface area (Å²) >= 11 is 0. The molecule has 2 N–H and O–H groups in total. The number of amidine groups is 2. The second-order valence-corrected chi connectivity index (χ2v) is 10.8. The van der Waals surface area contributed by atoms with Gasteiger partial charge in [0.1, 0.15) is 0 Å². The largest absolute Gasteiger partial charge is 0.337 e. The number of aromatic nitrogens is 2. The Hall–Kier alpha value is -3.28. The molecule has 0 amide bonds. The number of nitrogens with one attached hydrogen (secondary N) is 2. The fourth-order valence-electron chi connectivity index (χ4n) is 4.18. The zero-order valence-electron chi connectivity index (χ0n) is 19.4. The summed E-state index contributed by atoms with van der Waals surface area (Å²) in [5, 5.41) is 11.1. The molecule has 3 aliphatic rings. The van der Waals surface area contributed by atoms with E-state index in [-0.39, 0.29) is 10.9 Å². The summed E-state index contributed by atoms with van der Waals surface area (Å²) < 4.78 is 27.8. The van der Waals surface area contributed by atoms with Crippen LogP contribution in [0, 0.1) is 0 Å². The minimum atomic E-state index is -3.49. The van der Waals surface area contributed by atoms with Crippen molar-refractivity contribution < 1.29 is 8.42 Å². The molecule has 0 saturated carbocycles. The second-order valence-electron chi connectivity index (χ2n) is 8.64. The Bertz CT molecular complexity index is 1320. The molecule has 11 heteroatoms. The number of aryl methyl sites for hydroxylation is 1. The summed E-state index contributed by atoms with van der Waals surface area (Å²) in [6.07, 6.45) is 9.14. The molecule has 0 aliphatic carbocycles. The van der Waals surface area contributed by atoms with Crippen LogP contribution in [0.5, 0.6) is 0 Å². The monoisotopic (exact) mass is 480 g/mol. The Morgan fingerprint density at radius 2 is 2.00 bits per heavy atom. The van der Waals surface area contributed by atoms with E-state index in [0.717, 1.165) is 47.9 Å². The number of benzene rings is 1. The lowest BCUT2D eigenvalue weighted by Crippen LogP contribution is -2.39. The van der Waals surface area contributed by atoms with Gasteiger partial charge in [0.15, 0.2) is 11.7 Å². The molecule has 0 bridgehead atoms. The van der Waals surface area contributed by atoms with Crippen molar-refractivity contribution in [3.63, 3.8) is 0 Å². The van der Waals surface area contributed by atoms with Gasteiger partial charge in [-0.1, -0.05) is 6.08 Å². The summed E-state index contributed by atoms with van der Waals surface area (Å²) in [6, 6.07) is 6.72. The first kappa shape index (κ1) is 22.5. The van der Waals surface area contributed by atoms with Crippen molar-refractivity contribution in [2.45, 2.75) is 17.4 Å². The van der Waals surface area contributed by atoms with E-state index in [0.29, 0.717) is 12.4 Å². The topological polar surface area (TPSA) is 107 Å². The average molecular weight is 481 g/mol. The predicted molar refractivity (Wildman–Crippen MR) is 132 cm³/mol. The number of aliphatic imine (C=N–C) groups is 2. The number of nitrogens with zero attached hydrogens (tertiary/aromatic N) is 6.